The van der Waals surface area contributed by atoms with Crippen LogP contribution in [0.2, 0.25) is 5.28 Å². The maximum atomic E-state index is 5.88. The first-order valence-corrected chi connectivity index (χ1v) is 5.62. The van der Waals surface area contributed by atoms with Crippen molar-refractivity contribution in [3.05, 3.63) is 36.3 Å². The van der Waals surface area contributed by atoms with E-state index in [4.69, 9.17) is 11.6 Å². The molecule has 0 fully saturated rings. The summed E-state index contributed by atoms with van der Waals surface area (Å²) in [5.41, 5.74) is 0.691. The molecule has 1 N–H and O–H groups in total. The van der Waals surface area contributed by atoms with Crippen LogP contribution in [0, 0.1) is 0 Å². The Balaban J connectivity index is 2.10. The molecule has 0 aliphatic carbocycles. The molecule has 0 aliphatic rings. The number of halogens is 1. The number of anilines is 2. The van der Waals surface area contributed by atoms with Gasteiger partial charge in [0.05, 0.1) is 18.0 Å². The minimum atomic E-state index is 0.175. The number of aromatic nitrogens is 5. The van der Waals surface area contributed by atoms with Gasteiger partial charge in [0.1, 0.15) is 11.6 Å². The van der Waals surface area contributed by atoms with Crippen LogP contribution in [0.15, 0.2) is 31.0 Å². The molecule has 0 saturated carbocycles. The lowest BCUT2D eigenvalue weighted by molar-refractivity contribution is 0.913. The number of fused-ring (bicyclic) bond motifs is 1. The average molecular weight is 261 g/mol. The van der Waals surface area contributed by atoms with E-state index >= 15 is 0 Å². The van der Waals surface area contributed by atoms with Gasteiger partial charge in [-0.05, 0) is 17.7 Å². The maximum Gasteiger partial charge on any atom is 0.224 e. The average Bonchev–Trinajstić information content (AvgIpc) is 2.74. The lowest BCUT2D eigenvalue weighted by atomic mass is 10.3. The van der Waals surface area contributed by atoms with Crippen LogP contribution in [0.4, 0.5) is 11.6 Å². The largest absolute Gasteiger partial charge is 0.338 e. The molecule has 0 saturated heterocycles. The molecule has 0 bridgehead atoms. The highest BCUT2D eigenvalue weighted by Gasteiger charge is 2.07. The molecule has 18 heavy (non-hydrogen) atoms. The molecule has 7 heteroatoms. The molecule has 0 radical (unpaired) electrons. The van der Waals surface area contributed by atoms with Crippen molar-refractivity contribution in [2.45, 2.75) is 0 Å². The van der Waals surface area contributed by atoms with E-state index in [1.54, 1.807) is 18.7 Å². The molecule has 0 aliphatic heterocycles. The van der Waals surface area contributed by atoms with Crippen molar-refractivity contribution in [3.63, 3.8) is 0 Å². The monoisotopic (exact) mass is 260 g/mol. The van der Waals surface area contributed by atoms with Gasteiger partial charge < -0.3 is 9.88 Å². The predicted octanol–water partition coefficient (Wildman–Crippen LogP) is 2.16. The summed E-state index contributed by atoms with van der Waals surface area (Å²) >= 11 is 5.88. The molecule has 0 unspecified atom stereocenters. The Hall–Kier alpha value is -2.21. The van der Waals surface area contributed by atoms with Crippen molar-refractivity contribution in [1.82, 2.24) is 24.5 Å². The summed E-state index contributed by atoms with van der Waals surface area (Å²) in [7, 11) is 1.90. The first kappa shape index (κ1) is 10.9. The number of aryl methyl sites for hydroxylation is 1. The predicted molar refractivity (Wildman–Crippen MR) is 68.8 cm³/mol. The molecule has 3 aromatic heterocycles. The quantitative estimate of drug-likeness (QED) is 0.715. The topological polar surface area (TPSA) is 68.5 Å². The van der Waals surface area contributed by atoms with E-state index in [9.17, 15) is 0 Å². The van der Waals surface area contributed by atoms with E-state index in [0.29, 0.717) is 17.2 Å². The minimum absolute atomic E-state index is 0.175. The third-order valence-corrected chi connectivity index (χ3v) is 2.59. The van der Waals surface area contributed by atoms with Crippen molar-refractivity contribution in [3.8, 4) is 0 Å². The summed E-state index contributed by atoms with van der Waals surface area (Å²) in [6.07, 6.45) is 6.88. The van der Waals surface area contributed by atoms with Crippen LogP contribution in [-0.2, 0) is 7.05 Å². The molecule has 3 heterocycles. The van der Waals surface area contributed by atoms with Crippen molar-refractivity contribution >= 4 is 34.1 Å². The fraction of sp³-hybridized carbons (Fsp3) is 0.0909. The fourth-order valence-electron chi connectivity index (χ4n) is 1.65. The van der Waals surface area contributed by atoms with Gasteiger partial charge in [0, 0.05) is 24.8 Å². The van der Waals surface area contributed by atoms with Crippen LogP contribution < -0.4 is 5.32 Å². The van der Waals surface area contributed by atoms with Crippen LogP contribution in [0.5, 0.6) is 0 Å². The molecule has 90 valence electrons. The van der Waals surface area contributed by atoms with Crippen LogP contribution in [0.25, 0.3) is 10.9 Å². The van der Waals surface area contributed by atoms with Gasteiger partial charge in [-0.1, -0.05) is 0 Å². The highest BCUT2D eigenvalue weighted by Crippen LogP contribution is 2.23. The van der Waals surface area contributed by atoms with E-state index in [1.165, 1.54) is 0 Å². The van der Waals surface area contributed by atoms with E-state index in [0.717, 1.165) is 5.39 Å². The molecule has 0 spiro atoms. The van der Waals surface area contributed by atoms with Crippen LogP contribution >= 0.6 is 11.6 Å². The van der Waals surface area contributed by atoms with Gasteiger partial charge in [0.25, 0.3) is 0 Å². The van der Waals surface area contributed by atoms with Gasteiger partial charge >= 0.3 is 0 Å². The Kier molecular flexibility index (Phi) is 2.56. The lowest BCUT2D eigenvalue weighted by Crippen LogP contribution is -1.97. The Bertz CT molecular complexity index is 708. The number of nitrogens with one attached hydrogen (secondary N) is 1. The normalized spacial score (nSPS) is 10.8. The van der Waals surface area contributed by atoms with Crippen molar-refractivity contribution in [2.75, 3.05) is 5.32 Å². The second-order valence-corrected chi connectivity index (χ2v) is 4.12. The van der Waals surface area contributed by atoms with Gasteiger partial charge in [0.15, 0.2) is 0 Å². The third-order valence-electron chi connectivity index (χ3n) is 2.42. The Morgan fingerprint density at radius 2 is 2.22 bits per heavy atom. The molecular weight excluding hydrogens is 252 g/mol. The second kappa shape index (κ2) is 4.23. The SMILES string of the molecule is Cn1cnc(Nc2nc(Cl)nc3cnccc23)c1. The van der Waals surface area contributed by atoms with Crippen LogP contribution in [-0.4, -0.2) is 24.5 Å². The number of nitrogens with zero attached hydrogens (tertiary/aromatic N) is 5. The Morgan fingerprint density at radius 1 is 1.33 bits per heavy atom. The number of hydrogen-bond donors (Lipinski definition) is 1. The summed E-state index contributed by atoms with van der Waals surface area (Å²) < 4.78 is 1.84. The Morgan fingerprint density at radius 3 is 3.00 bits per heavy atom. The van der Waals surface area contributed by atoms with Gasteiger partial charge in [-0.25, -0.2) is 9.97 Å². The number of hydrogen-bond acceptors (Lipinski definition) is 5. The fourth-order valence-corrected chi connectivity index (χ4v) is 1.82. The van der Waals surface area contributed by atoms with E-state index in [2.05, 4.69) is 25.3 Å². The van der Waals surface area contributed by atoms with Crippen LogP contribution in [0.1, 0.15) is 0 Å². The van der Waals surface area contributed by atoms with Gasteiger partial charge in [-0.3, -0.25) is 4.98 Å². The number of imidazole rings is 1. The summed E-state index contributed by atoms with van der Waals surface area (Å²) in [6, 6.07) is 1.83. The molecule has 0 atom stereocenters. The van der Waals surface area contributed by atoms with E-state index in [1.807, 2.05) is 23.9 Å². The van der Waals surface area contributed by atoms with E-state index in [-0.39, 0.29) is 5.28 Å². The zero-order valence-corrected chi connectivity index (χ0v) is 10.3. The van der Waals surface area contributed by atoms with Gasteiger partial charge in [-0.2, -0.15) is 4.98 Å². The molecule has 6 nitrogen and oxygen atoms in total. The summed E-state index contributed by atoms with van der Waals surface area (Å²) in [5, 5.41) is 4.14. The van der Waals surface area contributed by atoms with Crippen molar-refractivity contribution in [2.24, 2.45) is 7.05 Å². The number of rotatable bonds is 2. The standard InChI is InChI=1S/C11H9ClN6/c1-18-5-9(14-6-18)16-10-7-2-3-13-4-8(7)15-11(12)17-10/h2-6H,1H3,(H,15,16,17). The van der Waals surface area contributed by atoms with Crippen LogP contribution in [0.3, 0.4) is 0 Å². The van der Waals surface area contributed by atoms with Gasteiger partial charge in [0.2, 0.25) is 5.28 Å². The van der Waals surface area contributed by atoms with E-state index < -0.39 is 0 Å². The lowest BCUT2D eigenvalue weighted by Gasteiger charge is -2.06. The molecule has 3 rings (SSSR count). The molecule has 3 aromatic rings. The first-order valence-electron chi connectivity index (χ1n) is 5.24. The molecule has 0 amide bonds. The van der Waals surface area contributed by atoms with Crippen molar-refractivity contribution < 1.29 is 0 Å². The Labute approximate surface area is 108 Å². The zero-order valence-electron chi connectivity index (χ0n) is 9.50. The second-order valence-electron chi connectivity index (χ2n) is 3.78. The maximum absolute atomic E-state index is 5.88. The molecular formula is C11H9ClN6. The van der Waals surface area contributed by atoms with Gasteiger partial charge in [-0.15, -0.1) is 0 Å². The smallest absolute Gasteiger partial charge is 0.224 e. The highest BCUT2D eigenvalue weighted by molar-refractivity contribution is 6.28. The zero-order chi connectivity index (χ0) is 12.5. The third kappa shape index (κ3) is 1.98. The molecule has 0 aromatic carbocycles. The highest BCUT2D eigenvalue weighted by atomic mass is 35.5. The summed E-state index contributed by atoms with van der Waals surface area (Å²) in [5.74, 6) is 1.32. The number of pyridine rings is 1. The minimum Gasteiger partial charge on any atom is -0.338 e. The first-order chi connectivity index (χ1) is 8.72. The summed E-state index contributed by atoms with van der Waals surface area (Å²) in [6.45, 7) is 0. The van der Waals surface area contributed by atoms with Crippen molar-refractivity contribution in [1.29, 1.82) is 0 Å². The summed E-state index contributed by atoms with van der Waals surface area (Å²) in [4.78, 5) is 16.5.